The molecule has 1 aliphatic rings. The summed E-state index contributed by atoms with van der Waals surface area (Å²) in [6, 6.07) is 0. The Morgan fingerprint density at radius 3 is 2.52 bits per heavy atom. The van der Waals surface area contributed by atoms with E-state index in [1.165, 1.54) is 0 Å². The van der Waals surface area contributed by atoms with Gasteiger partial charge < -0.3 is 15.9 Å². The van der Waals surface area contributed by atoms with E-state index in [4.69, 9.17) is 10.5 Å². The van der Waals surface area contributed by atoms with Crippen molar-refractivity contribution in [2.45, 2.75) is 0 Å². The van der Waals surface area contributed by atoms with Crippen molar-refractivity contribution >= 4 is 22.4 Å². The Kier molecular flexibility index (Phi) is 3.52. The molecule has 1 aromatic carbocycles. The van der Waals surface area contributed by atoms with Crippen LogP contribution in [-0.2, 0) is 4.74 Å². The van der Waals surface area contributed by atoms with Crippen molar-refractivity contribution < 1.29 is 17.9 Å². The van der Waals surface area contributed by atoms with E-state index in [9.17, 15) is 13.2 Å². The van der Waals surface area contributed by atoms with Crippen LogP contribution >= 0.6 is 0 Å². The van der Waals surface area contributed by atoms with Gasteiger partial charge in [0.15, 0.2) is 17.5 Å². The molecule has 1 aliphatic heterocycles. The summed E-state index contributed by atoms with van der Waals surface area (Å²) in [5.74, 6) is -3.95. The lowest BCUT2D eigenvalue weighted by molar-refractivity contribution is 0.0493. The number of benzene rings is 1. The van der Waals surface area contributed by atoms with Gasteiger partial charge in [-0.1, -0.05) is 0 Å². The van der Waals surface area contributed by atoms with E-state index in [1.54, 1.807) is 5.01 Å². The highest BCUT2D eigenvalue weighted by molar-refractivity contribution is 5.91. The van der Waals surface area contributed by atoms with E-state index in [2.05, 4.69) is 15.4 Å². The molecule has 21 heavy (non-hydrogen) atoms. The minimum Gasteiger partial charge on any atom is -0.383 e. The second kappa shape index (κ2) is 5.34. The van der Waals surface area contributed by atoms with Crippen LogP contribution in [0.15, 0.2) is 6.33 Å². The van der Waals surface area contributed by atoms with Crippen molar-refractivity contribution in [3.8, 4) is 0 Å². The number of rotatable bonds is 2. The number of fused-ring (bicyclic) bond motifs is 1. The number of aromatic nitrogens is 2. The minimum absolute atomic E-state index is 0.312. The van der Waals surface area contributed by atoms with E-state index < -0.39 is 28.5 Å². The SMILES string of the molecule is Nc1ncnc2c(F)c(NN3CCOCC3)c(F)c(F)c12. The minimum atomic E-state index is -1.35. The number of anilines is 2. The molecular weight excluding hydrogens is 287 g/mol. The quantitative estimate of drug-likeness (QED) is 0.814. The molecule has 0 radical (unpaired) electrons. The van der Waals surface area contributed by atoms with Gasteiger partial charge in [0.25, 0.3) is 0 Å². The average molecular weight is 299 g/mol. The number of hydrogen-bond donors (Lipinski definition) is 2. The third kappa shape index (κ3) is 2.34. The topological polar surface area (TPSA) is 76.3 Å². The molecule has 6 nitrogen and oxygen atoms in total. The summed E-state index contributed by atoms with van der Waals surface area (Å²) in [7, 11) is 0. The zero-order valence-electron chi connectivity index (χ0n) is 10.9. The number of ether oxygens (including phenoxy) is 1. The molecule has 0 saturated carbocycles. The van der Waals surface area contributed by atoms with Crippen LogP contribution in [0.3, 0.4) is 0 Å². The highest BCUT2D eigenvalue weighted by atomic mass is 19.2. The van der Waals surface area contributed by atoms with E-state index in [1.807, 2.05) is 0 Å². The summed E-state index contributed by atoms with van der Waals surface area (Å²) >= 11 is 0. The van der Waals surface area contributed by atoms with Crippen molar-refractivity contribution in [3.63, 3.8) is 0 Å². The van der Waals surface area contributed by atoms with Crippen molar-refractivity contribution in [3.05, 3.63) is 23.8 Å². The van der Waals surface area contributed by atoms with Gasteiger partial charge in [0.05, 0.1) is 18.6 Å². The highest BCUT2D eigenvalue weighted by Gasteiger charge is 2.25. The molecule has 0 spiro atoms. The van der Waals surface area contributed by atoms with E-state index >= 15 is 0 Å². The van der Waals surface area contributed by atoms with Crippen molar-refractivity contribution in [2.75, 3.05) is 37.5 Å². The molecular formula is C12H12F3N5O. The lowest BCUT2D eigenvalue weighted by atomic mass is 10.1. The maximum absolute atomic E-state index is 14.4. The highest BCUT2D eigenvalue weighted by Crippen LogP contribution is 2.32. The van der Waals surface area contributed by atoms with Crippen LogP contribution in [0.2, 0.25) is 0 Å². The van der Waals surface area contributed by atoms with Crippen LogP contribution in [0.25, 0.3) is 10.9 Å². The van der Waals surface area contributed by atoms with Gasteiger partial charge in [-0.15, -0.1) is 0 Å². The average Bonchev–Trinajstić information content (AvgIpc) is 2.50. The smallest absolute Gasteiger partial charge is 0.187 e. The maximum Gasteiger partial charge on any atom is 0.187 e. The fraction of sp³-hybridized carbons (Fsp3) is 0.333. The first kappa shape index (κ1) is 13.8. The normalized spacial score (nSPS) is 16.3. The molecule has 0 unspecified atom stereocenters. The van der Waals surface area contributed by atoms with Crippen molar-refractivity contribution in [2.24, 2.45) is 0 Å². The lowest BCUT2D eigenvalue weighted by Crippen LogP contribution is -2.40. The van der Waals surface area contributed by atoms with Crippen LogP contribution < -0.4 is 11.2 Å². The zero-order valence-corrected chi connectivity index (χ0v) is 10.9. The predicted octanol–water partition coefficient (Wildman–Crippen LogP) is 1.29. The van der Waals surface area contributed by atoms with Crippen LogP contribution in [0.1, 0.15) is 0 Å². The Morgan fingerprint density at radius 2 is 1.81 bits per heavy atom. The van der Waals surface area contributed by atoms with Gasteiger partial charge in [-0.05, 0) is 0 Å². The number of hydrazine groups is 1. The first-order valence-corrected chi connectivity index (χ1v) is 6.25. The van der Waals surface area contributed by atoms with Crippen molar-refractivity contribution in [1.29, 1.82) is 0 Å². The number of nitrogens with zero attached hydrogens (tertiary/aromatic N) is 3. The third-order valence-electron chi connectivity index (χ3n) is 3.22. The molecule has 0 bridgehead atoms. The third-order valence-corrected chi connectivity index (χ3v) is 3.22. The Hall–Kier alpha value is -2.13. The number of halogens is 3. The van der Waals surface area contributed by atoms with Gasteiger partial charge >= 0.3 is 0 Å². The second-order valence-corrected chi connectivity index (χ2v) is 4.51. The summed E-state index contributed by atoms with van der Waals surface area (Å²) in [5, 5.41) is 1.08. The number of nitrogens with one attached hydrogen (secondary N) is 1. The van der Waals surface area contributed by atoms with Gasteiger partial charge in [-0.2, -0.15) is 0 Å². The van der Waals surface area contributed by atoms with Crippen LogP contribution in [0.4, 0.5) is 24.7 Å². The van der Waals surface area contributed by atoms with Gasteiger partial charge in [-0.3, -0.25) is 0 Å². The molecule has 0 aliphatic carbocycles. The summed E-state index contributed by atoms with van der Waals surface area (Å²) in [5.41, 5.74) is 7.03. The number of hydrogen-bond acceptors (Lipinski definition) is 6. The van der Waals surface area contributed by atoms with Crippen LogP contribution in [-0.4, -0.2) is 41.3 Å². The van der Waals surface area contributed by atoms with E-state index in [0.717, 1.165) is 6.33 Å². The second-order valence-electron chi connectivity index (χ2n) is 4.51. The molecule has 1 fully saturated rings. The van der Waals surface area contributed by atoms with Gasteiger partial charge in [-0.25, -0.2) is 28.1 Å². The molecule has 112 valence electrons. The molecule has 2 heterocycles. The molecule has 2 aromatic rings. The summed E-state index contributed by atoms with van der Waals surface area (Å²) in [4.78, 5) is 7.18. The zero-order chi connectivity index (χ0) is 15.0. The fourth-order valence-electron chi connectivity index (χ4n) is 2.15. The Morgan fingerprint density at radius 1 is 1.10 bits per heavy atom. The summed E-state index contributed by atoms with van der Waals surface area (Å²) in [6.07, 6.45) is 0.997. The molecule has 1 aromatic heterocycles. The number of nitrogens with two attached hydrogens (primary N) is 1. The lowest BCUT2D eigenvalue weighted by Gasteiger charge is -2.28. The monoisotopic (exact) mass is 299 g/mol. The van der Waals surface area contributed by atoms with E-state index in [0.29, 0.717) is 26.3 Å². The summed E-state index contributed by atoms with van der Waals surface area (Å²) in [6.45, 7) is 1.68. The summed E-state index contributed by atoms with van der Waals surface area (Å²) < 4.78 is 47.6. The van der Waals surface area contributed by atoms with Gasteiger partial charge in [0.2, 0.25) is 0 Å². The molecule has 0 atom stereocenters. The molecule has 9 heteroatoms. The first-order valence-electron chi connectivity index (χ1n) is 6.25. The number of morpholine rings is 1. The number of nitrogen functional groups attached to an aromatic ring is 1. The Bertz CT molecular complexity index is 690. The van der Waals surface area contributed by atoms with E-state index in [-0.39, 0.29) is 11.3 Å². The van der Waals surface area contributed by atoms with Gasteiger partial charge in [0.1, 0.15) is 23.3 Å². The molecule has 1 saturated heterocycles. The van der Waals surface area contributed by atoms with Crippen LogP contribution in [0, 0.1) is 17.5 Å². The maximum atomic E-state index is 14.4. The van der Waals surface area contributed by atoms with Crippen molar-refractivity contribution in [1.82, 2.24) is 15.0 Å². The standard InChI is InChI=1S/C12H12F3N5O/c13-7-6-10(17-5-18-12(6)16)9(15)11(8(7)14)19-20-1-3-21-4-2-20/h5,19H,1-4H2,(H2,16,17,18). The fourth-order valence-corrected chi connectivity index (χ4v) is 2.15. The van der Waals surface area contributed by atoms with Gasteiger partial charge in [0, 0.05) is 13.1 Å². The Labute approximate surface area is 117 Å². The predicted molar refractivity (Wildman–Crippen MR) is 69.8 cm³/mol. The Balaban J connectivity index is 2.10. The molecule has 0 amide bonds. The largest absolute Gasteiger partial charge is 0.383 e. The molecule has 3 rings (SSSR count). The van der Waals surface area contributed by atoms with Crippen LogP contribution in [0.5, 0.6) is 0 Å². The first-order chi connectivity index (χ1) is 10.1. The molecule has 3 N–H and O–H groups in total.